The second-order valence-electron chi connectivity index (χ2n) is 9.33. The molecular weight excluding hydrogens is 340 g/mol. The van der Waals surface area contributed by atoms with E-state index in [1.807, 2.05) is 0 Å². The van der Waals surface area contributed by atoms with Crippen LogP contribution in [0.4, 0.5) is 0 Å². The van der Waals surface area contributed by atoms with Crippen LogP contribution in [0.2, 0.25) is 0 Å². The Morgan fingerprint density at radius 2 is 1.96 bits per heavy atom. The van der Waals surface area contributed by atoms with E-state index in [-0.39, 0.29) is 22.8 Å². The molecule has 2 aliphatic carbocycles. The summed E-state index contributed by atoms with van der Waals surface area (Å²) >= 11 is 0. The lowest BCUT2D eigenvalue weighted by Crippen LogP contribution is -2.47. The molecular formula is C23H38O4. The van der Waals surface area contributed by atoms with Gasteiger partial charge in [-0.3, -0.25) is 9.59 Å². The van der Waals surface area contributed by atoms with Gasteiger partial charge in [-0.1, -0.05) is 32.4 Å². The van der Waals surface area contributed by atoms with Gasteiger partial charge < -0.3 is 9.47 Å². The summed E-state index contributed by atoms with van der Waals surface area (Å²) in [6.45, 7) is 11.1. The van der Waals surface area contributed by atoms with E-state index in [1.165, 1.54) is 19.6 Å². The third-order valence-electron chi connectivity index (χ3n) is 7.53. The average Bonchev–Trinajstić information content (AvgIpc) is 2.62. The summed E-state index contributed by atoms with van der Waals surface area (Å²) in [6, 6.07) is 0. The van der Waals surface area contributed by atoms with Crippen molar-refractivity contribution < 1.29 is 19.1 Å². The summed E-state index contributed by atoms with van der Waals surface area (Å²) in [6.07, 6.45) is 9.65. The van der Waals surface area contributed by atoms with E-state index < -0.39 is 0 Å². The molecule has 0 aliphatic heterocycles. The number of carbonyl (C=O) groups is 2. The maximum atomic E-state index is 12.6. The van der Waals surface area contributed by atoms with Crippen molar-refractivity contribution in [3.63, 3.8) is 0 Å². The molecule has 2 rings (SSSR count). The summed E-state index contributed by atoms with van der Waals surface area (Å²) in [5.74, 6) is 1.18. The minimum Gasteiger partial charge on any atom is -0.469 e. The van der Waals surface area contributed by atoms with E-state index in [4.69, 9.17) is 9.47 Å². The van der Waals surface area contributed by atoms with E-state index in [0.717, 1.165) is 44.9 Å². The molecule has 2 aliphatic rings. The number of ether oxygens (including phenoxy) is 2. The van der Waals surface area contributed by atoms with E-state index in [1.54, 1.807) is 0 Å². The first-order chi connectivity index (χ1) is 12.6. The van der Waals surface area contributed by atoms with Crippen molar-refractivity contribution in [3.8, 4) is 0 Å². The third-order valence-corrected chi connectivity index (χ3v) is 7.53. The maximum Gasteiger partial charge on any atom is 0.312 e. The Labute approximate surface area is 165 Å². The summed E-state index contributed by atoms with van der Waals surface area (Å²) in [5, 5.41) is 0. The van der Waals surface area contributed by atoms with Crippen LogP contribution < -0.4 is 0 Å². The Hall–Kier alpha value is -1.32. The minimum atomic E-state index is -0.388. The molecule has 27 heavy (non-hydrogen) atoms. The Kier molecular flexibility index (Phi) is 7.15. The standard InChI is InChI=1S/C23H38O4/c1-16(12-15-27-18(3)24)11-14-22(4)17(2)9-10-20-19(22)8-7-13-23(20,5)21(25)26-6/h8,16-17,20H,7,9-15H2,1-6H3. The lowest BCUT2D eigenvalue weighted by Gasteiger charge is -2.53. The number of allylic oxidation sites excluding steroid dienone is 2. The lowest BCUT2D eigenvalue weighted by molar-refractivity contribution is -0.156. The molecule has 4 heteroatoms. The van der Waals surface area contributed by atoms with Crippen molar-refractivity contribution in [2.75, 3.05) is 13.7 Å². The molecule has 0 N–H and O–H groups in total. The highest BCUT2D eigenvalue weighted by Gasteiger charge is 2.52. The van der Waals surface area contributed by atoms with Crippen LogP contribution in [0.15, 0.2) is 11.6 Å². The van der Waals surface area contributed by atoms with Crippen molar-refractivity contribution in [1.29, 1.82) is 0 Å². The number of carbonyl (C=O) groups excluding carboxylic acids is 2. The fourth-order valence-electron chi connectivity index (χ4n) is 5.27. The normalized spacial score (nSPS) is 34.2. The second-order valence-corrected chi connectivity index (χ2v) is 9.33. The van der Waals surface area contributed by atoms with Gasteiger partial charge in [0.05, 0.1) is 19.1 Å². The van der Waals surface area contributed by atoms with Crippen molar-refractivity contribution in [2.24, 2.45) is 28.6 Å². The first-order valence-electron chi connectivity index (χ1n) is 10.6. The van der Waals surface area contributed by atoms with Gasteiger partial charge in [0.2, 0.25) is 0 Å². The quantitative estimate of drug-likeness (QED) is 0.445. The molecule has 5 unspecified atom stereocenters. The van der Waals surface area contributed by atoms with Crippen LogP contribution >= 0.6 is 0 Å². The zero-order valence-corrected chi connectivity index (χ0v) is 18.1. The smallest absolute Gasteiger partial charge is 0.312 e. The Bertz CT molecular complexity index is 581. The molecule has 5 atom stereocenters. The van der Waals surface area contributed by atoms with Gasteiger partial charge in [0.1, 0.15) is 0 Å². The van der Waals surface area contributed by atoms with Crippen molar-refractivity contribution in [3.05, 3.63) is 11.6 Å². The number of rotatable bonds is 7. The molecule has 0 aromatic heterocycles. The maximum absolute atomic E-state index is 12.6. The summed E-state index contributed by atoms with van der Waals surface area (Å²) in [5.41, 5.74) is 1.24. The number of methoxy groups -OCH3 is 1. The van der Waals surface area contributed by atoms with Crippen LogP contribution in [0, 0.1) is 28.6 Å². The molecule has 4 nitrogen and oxygen atoms in total. The zero-order valence-electron chi connectivity index (χ0n) is 18.1. The average molecular weight is 379 g/mol. The van der Waals surface area contributed by atoms with Crippen LogP contribution in [-0.4, -0.2) is 25.7 Å². The first-order valence-corrected chi connectivity index (χ1v) is 10.6. The molecule has 0 amide bonds. The van der Waals surface area contributed by atoms with Gasteiger partial charge >= 0.3 is 11.9 Å². The first kappa shape index (κ1) is 22.0. The van der Waals surface area contributed by atoms with Gasteiger partial charge in [-0.2, -0.15) is 0 Å². The van der Waals surface area contributed by atoms with Crippen molar-refractivity contribution >= 4 is 11.9 Å². The summed E-state index contributed by atoms with van der Waals surface area (Å²) in [4.78, 5) is 23.5. The second kappa shape index (κ2) is 8.79. The van der Waals surface area contributed by atoms with Crippen LogP contribution in [0.1, 0.15) is 79.6 Å². The topological polar surface area (TPSA) is 52.6 Å². The Morgan fingerprint density at radius 1 is 1.26 bits per heavy atom. The minimum absolute atomic E-state index is 0.0512. The molecule has 0 radical (unpaired) electrons. The van der Waals surface area contributed by atoms with Gasteiger partial charge in [0.25, 0.3) is 0 Å². The highest BCUT2D eigenvalue weighted by atomic mass is 16.5. The highest BCUT2D eigenvalue weighted by molar-refractivity contribution is 5.77. The van der Waals surface area contributed by atoms with E-state index >= 15 is 0 Å². The molecule has 1 saturated carbocycles. The molecule has 0 aromatic rings. The SMILES string of the molecule is COC(=O)C1(C)CCC=C2C1CCC(C)C2(C)CCC(C)CCOC(C)=O. The number of hydrogen-bond acceptors (Lipinski definition) is 4. The fraction of sp³-hybridized carbons (Fsp3) is 0.826. The van der Waals surface area contributed by atoms with Crippen LogP contribution in [0.3, 0.4) is 0 Å². The lowest BCUT2D eigenvalue weighted by atomic mass is 9.51. The highest BCUT2D eigenvalue weighted by Crippen LogP contribution is 2.58. The summed E-state index contributed by atoms with van der Waals surface area (Å²) in [7, 11) is 1.51. The molecule has 1 fully saturated rings. The molecule has 0 aromatic carbocycles. The predicted octanol–water partition coefficient (Wildman–Crippen LogP) is 5.31. The largest absolute Gasteiger partial charge is 0.469 e. The van der Waals surface area contributed by atoms with E-state index in [2.05, 4.69) is 33.8 Å². The van der Waals surface area contributed by atoms with E-state index in [9.17, 15) is 9.59 Å². The number of esters is 2. The van der Waals surface area contributed by atoms with Gasteiger partial charge in [-0.15, -0.1) is 0 Å². The predicted molar refractivity (Wildman–Crippen MR) is 107 cm³/mol. The van der Waals surface area contributed by atoms with Gasteiger partial charge in [-0.25, -0.2) is 0 Å². The van der Waals surface area contributed by atoms with Gasteiger partial charge in [0, 0.05) is 6.92 Å². The van der Waals surface area contributed by atoms with Gasteiger partial charge in [0.15, 0.2) is 0 Å². The fourth-order valence-corrected chi connectivity index (χ4v) is 5.27. The molecule has 0 spiro atoms. The van der Waals surface area contributed by atoms with Crippen LogP contribution in [-0.2, 0) is 19.1 Å². The zero-order chi connectivity index (χ0) is 20.2. The monoisotopic (exact) mass is 378 g/mol. The van der Waals surface area contributed by atoms with Crippen LogP contribution in [0.25, 0.3) is 0 Å². The van der Waals surface area contributed by atoms with Crippen LogP contribution in [0.5, 0.6) is 0 Å². The van der Waals surface area contributed by atoms with Crippen molar-refractivity contribution in [1.82, 2.24) is 0 Å². The number of hydrogen-bond donors (Lipinski definition) is 0. The molecule has 0 bridgehead atoms. The molecule has 154 valence electrons. The van der Waals surface area contributed by atoms with E-state index in [0.29, 0.717) is 24.4 Å². The van der Waals surface area contributed by atoms with Crippen molar-refractivity contribution in [2.45, 2.75) is 79.6 Å². The Balaban J connectivity index is 2.11. The number of fused-ring (bicyclic) bond motifs is 1. The third kappa shape index (κ3) is 4.57. The Morgan fingerprint density at radius 3 is 2.59 bits per heavy atom. The summed E-state index contributed by atoms with van der Waals surface area (Å²) < 4.78 is 10.3. The molecule has 0 heterocycles. The van der Waals surface area contributed by atoms with Gasteiger partial charge in [-0.05, 0) is 75.0 Å². The molecule has 0 saturated heterocycles.